The molecule has 6 atom stereocenters. The summed E-state index contributed by atoms with van der Waals surface area (Å²) in [5.74, 6) is 3.30. The lowest BCUT2D eigenvalue weighted by atomic mass is 9.47. The fraction of sp³-hybridized carbons (Fsp3) is 0.938. The smallest absolute Gasteiger partial charge is 0.133 e. The third-order valence-corrected chi connectivity index (χ3v) is 7.95. The van der Waals surface area contributed by atoms with Crippen LogP contribution in [-0.4, -0.2) is 5.25 Å². The summed E-state index contributed by atoms with van der Waals surface area (Å²) in [6.07, 6.45) is 5.57. The van der Waals surface area contributed by atoms with E-state index in [-0.39, 0.29) is 0 Å². The first-order chi connectivity index (χ1) is 8.42. The maximum atomic E-state index is 9.19. The Hall–Kier alpha value is -0.160. The number of hydrogen-bond acceptors (Lipinski definition) is 2. The van der Waals surface area contributed by atoms with Gasteiger partial charge in [0.2, 0.25) is 0 Å². The van der Waals surface area contributed by atoms with Crippen LogP contribution in [0.4, 0.5) is 0 Å². The fourth-order valence-corrected chi connectivity index (χ4v) is 6.98. The van der Waals surface area contributed by atoms with Crippen molar-refractivity contribution in [2.75, 3.05) is 0 Å². The first-order valence-corrected chi connectivity index (χ1v) is 8.35. The zero-order valence-corrected chi connectivity index (χ0v) is 12.9. The van der Waals surface area contributed by atoms with Crippen LogP contribution in [0.1, 0.15) is 53.4 Å². The number of nitrogens with zero attached hydrogens (tertiary/aromatic N) is 1. The van der Waals surface area contributed by atoms with Crippen molar-refractivity contribution < 1.29 is 0 Å². The van der Waals surface area contributed by atoms with Crippen LogP contribution in [0.3, 0.4) is 0 Å². The molecule has 6 unspecified atom stereocenters. The van der Waals surface area contributed by atoms with E-state index >= 15 is 0 Å². The maximum Gasteiger partial charge on any atom is 0.133 e. The van der Waals surface area contributed by atoms with E-state index in [4.69, 9.17) is 0 Å². The van der Waals surface area contributed by atoms with E-state index in [1.165, 1.54) is 25.7 Å². The predicted octanol–water partition coefficient (Wildman–Crippen LogP) is 4.69. The molecule has 4 rings (SSSR count). The van der Waals surface area contributed by atoms with E-state index < -0.39 is 0 Å². The van der Waals surface area contributed by atoms with Crippen LogP contribution in [0.5, 0.6) is 0 Å². The fourth-order valence-electron chi connectivity index (χ4n) is 5.84. The van der Waals surface area contributed by atoms with Crippen LogP contribution in [0.15, 0.2) is 0 Å². The van der Waals surface area contributed by atoms with Crippen molar-refractivity contribution in [3.05, 3.63) is 0 Å². The Morgan fingerprint density at radius 1 is 1.28 bits per heavy atom. The van der Waals surface area contributed by atoms with Gasteiger partial charge >= 0.3 is 0 Å². The van der Waals surface area contributed by atoms with Crippen LogP contribution in [0.25, 0.3) is 0 Å². The molecule has 4 aliphatic rings. The summed E-state index contributed by atoms with van der Waals surface area (Å²) in [5, 5.41) is 12.2. The minimum absolute atomic E-state index is 0.448. The largest absolute Gasteiger partial charge is 0.185 e. The Kier molecular flexibility index (Phi) is 2.80. The molecular weight excluding hydrogens is 238 g/mol. The van der Waals surface area contributed by atoms with Gasteiger partial charge in [0.05, 0.1) is 0 Å². The quantitative estimate of drug-likeness (QED) is 0.675. The molecule has 0 aromatic rings. The lowest BCUT2D eigenvalue weighted by Gasteiger charge is -2.61. The van der Waals surface area contributed by atoms with Gasteiger partial charge in [0.1, 0.15) is 5.40 Å². The molecule has 4 saturated carbocycles. The van der Waals surface area contributed by atoms with Crippen molar-refractivity contribution in [3.63, 3.8) is 0 Å². The number of nitriles is 1. The predicted molar refractivity (Wildman–Crippen MR) is 77.0 cm³/mol. The van der Waals surface area contributed by atoms with Crippen LogP contribution in [0.2, 0.25) is 0 Å². The lowest BCUT2D eigenvalue weighted by molar-refractivity contribution is -0.0757. The molecule has 18 heavy (non-hydrogen) atoms. The highest BCUT2D eigenvalue weighted by atomic mass is 32.2. The van der Waals surface area contributed by atoms with E-state index in [2.05, 4.69) is 33.1 Å². The third kappa shape index (κ3) is 1.46. The molecule has 0 heterocycles. The molecule has 4 fully saturated rings. The Bertz CT molecular complexity index is 398. The number of thiocyanates is 1. The first kappa shape index (κ1) is 12.9. The van der Waals surface area contributed by atoms with Gasteiger partial charge in [-0.15, -0.1) is 0 Å². The topological polar surface area (TPSA) is 23.8 Å². The van der Waals surface area contributed by atoms with Crippen LogP contribution >= 0.6 is 11.8 Å². The molecule has 0 N–H and O–H groups in total. The van der Waals surface area contributed by atoms with Crippen molar-refractivity contribution in [2.24, 2.45) is 34.5 Å². The first-order valence-electron chi connectivity index (χ1n) is 7.47. The van der Waals surface area contributed by atoms with Gasteiger partial charge < -0.3 is 0 Å². The molecule has 0 aromatic carbocycles. The second-order valence-corrected chi connectivity index (χ2v) is 8.78. The SMILES string of the molecule is CC(C)C1CC2C3(C)CCC2(C)C(SC#N)C1C3. The lowest BCUT2D eigenvalue weighted by Crippen LogP contribution is -2.57. The standard InChI is InChI=1S/C16H25NS/c1-10(2)11-7-13-15(3)5-6-16(13,4)14(18-9-17)12(11)8-15/h10-14H,5-8H2,1-4H3. The molecule has 1 nitrogen and oxygen atoms in total. The van der Waals surface area contributed by atoms with E-state index in [1.54, 1.807) is 11.8 Å². The zero-order valence-electron chi connectivity index (χ0n) is 12.1. The van der Waals surface area contributed by atoms with E-state index in [0.717, 1.165) is 23.7 Å². The minimum Gasteiger partial charge on any atom is -0.185 e. The molecule has 0 radical (unpaired) electrons. The molecule has 4 aliphatic carbocycles. The van der Waals surface area contributed by atoms with Gasteiger partial charge in [0.25, 0.3) is 0 Å². The second kappa shape index (κ2) is 3.92. The van der Waals surface area contributed by atoms with Crippen LogP contribution in [0, 0.1) is 45.2 Å². The Balaban J connectivity index is 2.00. The van der Waals surface area contributed by atoms with Crippen molar-refractivity contribution >= 4 is 11.8 Å². The van der Waals surface area contributed by atoms with Crippen LogP contribution in [-0.2, 0) is 0 Å². The Labute approximate surface area is 116 Å². The molecular formula is C16H25NS. The summed E-state index contributed by atoms with van der Waals surface area (Å²) in [5.41, 5.74) is 1.04. The normalized spacial score (nSPS) is 53.8. The van der Waals surface area contributed by atoms with Gasteiger partial charge in [-0.1, -0.05) is 27.7 Å². The van der Waals surface area contributed by atoms with E-state index in [1.807, 2.05) is 0 Å². The van der Waals surface area contributed by atoms with Crippen LogP contribution < -0.4 is 0 Å². The summed E-state index contributed by atoms with van der Waals surface area (Å²) in [6, 6.07) is 0. The molecule has 0 spiro atoms. The summed E-state index contributed by atoms with van der Waals surface area (Å²) in [6.45, 7) is 9.78. The van der Waals surface area contributed by atoms with Gasteiger partial charge in [-0.3, -0.25) is 0 Å². The van der Waals surface area contributed by atoms with Crippen molar-refractivity contribution in [1.82, 2.24) is 0 Å². The molecule has 0 aliphatic heterocycles. The Morgan fingerprint density at radius 2 is 2.00 bits per heavy atom. The summed E-state index contributed by atoms with van der Waals surface area (Å²) in [7, 11) is 0. The van der Waals surface area contributed by atoms with Gasteiger partial charge in [-0.05, 0) is 71.9 Å². The van der Waals surface area contributed by atoms with Gasteiger partial charge in [-0.2, -0.15) is 5.26 Å². The molecule has 0 amide bonds. The highest BCUT2D eigenvalue weighted by Gasteiger charge is 2.66. The highest BCUT2D eigenvalue weighted by Crippen LogP contribution is 2.72. The number of rotatable bonds is 2. The summed E-state index contributed by atoms with van der Waals surface area (Å²) >= 11 is 1.60. The average molecular weight is 263 g/mol. The third-order valence-electron chi connectivity index (χ3n) is 6.71. The molecule has 4 bridgehead atoms. The highest BCUT2D eigenvalue weighted by molar-refractivity contribution is 8.04. The molecule has 2 heteroatoms. The van der Waals surface area contributed by atoms with Gasteiger partial charge in [0, 0.05) is 5.25 Å². The number of fused-ring (bicyclic) bond motifs is 1. The number of thioether (sulfide) groups is 1. The molecule has 0 aromatic heterocycles. The average Bonchev–Trinajstić information content (AvgIpc) is 2.52. The zero-order chi connectivity index (χ0) is 13.1. The molecule has 0 saturated heterocycles. The van der Waals surface area contributed by atoms with E-state index in [9.17, 15) is 5.26 Å². The Morgan fingerprint density at radius 3 is 2.61 bits per heavy atom. The van der Waals surface area contributed by atoms with Crippen molar-refractivity contribution in [3.8, 4) is 5.40 Å². The summed E-state index contributed by atoms with van der Waals surface area (Å²) in [4.78, 5) is 0. The second-order valence-electron chi connectivity index (χ2n) is 7.85. The number of hydrogen-bond donors (Lipinski definition) is 0. The van der Waals surface area contributed by atoms with Crippen molar-refractivity contribution in [1.29, 1.82) is 5.26 Å². The maximum absolute atomic E-state index is 9.19. The monoisotopic (exact) mass is 263 g/mol. The van der Waals surface area contributed by atoms with Gasteiger partial charge in [-0.25, -0.2) is 0 Å². The van der Waals surface area contributed by atoms with Gasteiger partial charge in [0.15, 0.2) is 0 Å². The van der Waals surface area contributed by atoms with Crippen molar-refractivity contribution in [2.45, 2.75) is 58.6 Å². The minimum atomic E-state index is 0.448. The molecule has 100 valence electrons. The van der Waals surface area contributed by atoms with E-state index in [0.29, 0.717) is 16.1 Å². The summed E-state index contributed by atoms with van der Waals surface area (Å²) < 4.78 is 0.